The standard InChI is InChI=1S/C22H21N7O6S/c23-18-14-19(27-8-26-18)29(9-28-14)22-17(33)16(32)13(35-22)2-1-3-24-20(34)11-6-10(7-12(30)15(11)31)21-25-4-5-36-21/h1-2,4-9,13,16-17,22,30-33H,3H2,(H,24,34)(H2,23,26,27)/t13-,16+,17?,22-/m1/s1. The Morgan fingerprint density at radius 3 is 2.81 bits per heavy atom. The average molecular weight is 512 g/mol. The minimum absolute atomic E-state index is 0.0195. The highest BCUT2D eigenvalue weighted by Gasteiger charge is 2.43. The molecule has 3 aromatic heterocycles. The second-order valence-corrected chi connectivity index (χ2v) is 8.82. The van der Waals surface area contributed by atoms with Crippen LogP contribution in [0.5, 0.6) is 11.5 Å². The van der Waals surface area contributed by atoms with E-state index in [1.54, 1.807) is 11.6 Å². The Bertz CT molecular complexity index is 1440. The number of benzene rings is 1. The number of ether oxygens (including phenoxy) is 1. The third-order valence-electron chi connectivity index (χ3n) is 5.66. The molecule has 1 aliphatic heterocycles. The van der Waals surface area contributed by atoms with Gasteiger partial charge in [0, 0.05) is 23.7 Å². The predicted octanol–water partition coefficient (Wildman–Crippen LogP) is 0.549. The van der Waals surface area contributed by atoms with Crippen molar-refractivity contribution in [2.45, 2.75) is 24.5 Å². The minimum atomic E-state index is -1.28. The molecule has 4 aromatic rings. The molecule has 0 spiro atoms. The molecule has 186 valence electrons. The van der Waals surface area contributed by atoms with Crippen LogP contribution in [0.4, 0.5) is 5.82 Å². The van der Waals surface area contributed by atoms with Gasteiger partial charge in [-0.2, -0.15) is 0 Å². The van der Waals surface area contributed by atoms with Gasteiger partial charge in [0.05, 0.1) is 11.9 Å². The third kappa shape index (κ3) is 4.22. The first-order valence-corrected chi connectivity index (χ1v) is 11.6. The molecule has 4 atom stereocenters. The van der Waals surface area contributed by atoms with Crippen LogP contribution in [0.1, 0.15) is 16.6 Å². The lowest BCUT2D eigenvalue weighted by molar-refractivity contribution is -0.0245. The summed E-state index contributed by atoms with van der Waals surface area (Å²) >= 11 is 1.32. The number of carbonyl (C=O) groups excluding carboxylic acids is 1. The van der Waals surface area contributed by atoms with Crippen molar-refractivity contribution in [3.63, 3.8) is 0 Å². The Morgan fingerprint density at radius 1 is 1.19 bits per heavy atom. The number of amides is 1. The number of thiazole rings is 1. The second kappa shape index (κ2) is 9.50. The molecule has 7 N–H and O–H groups in total. The first-order chi connectivity index (χ1) is 17.3. The van der Waals surface area contributed by atoms with Gasteiger partial charge in [0.15, 0.2) is 29.2 Å². The topological polar surface area (TPSA) is 202 Å². The number of aliphatic hydroxyl groups is 2. The molecular weight excluding hydrogens is 490 g/mol. The zero-order chi connectivity index (χ0) is 25.4. The van der Waals surface area contributed by atoms with E-state index < -0.39 is 41.9 Å². The van der Waals surface area contributed by atoms with Gasteiger partial charge >= 0.3 is 0 Å². The van der Waals surface area contributed by atoms with Crippen molar-refractivity contribution in [1.29, 1.82) is 0 Å². The Labute approximate surface area is 207 Å². The maximum absolute atomic E-state index is 12.6. The smallest absolute Gasteiger partial charge is 0.255 e. The number of nitrogens with zero attached hydrogens (tertiary/aromatic N) is 5. The van der Waals surface area contributed by atoms with Gasteiger partial charge in [0.2, 0.25) is 0 Å². The zero-order valence-corrected chi connectivity index (χ0v) is 19.3. The average Bonchev–Trinajstić information content (AvgIpc) is 3.60. The van der Waals surface area contributed by atoms with Crippen LogP contribution < -0.4 is 11.1 Å². The van der Waals surface area contributed by atoms with Gasteiger partial charge < -0.3 is 36.2 Å². The van der Waals surface area contributed by atoms with Gasteiger partial charge in [-0.3, -0.25) is 9.36 Å². The number of phenolic OH excluding ortho intramolecular Hbond substituents is 2. The van der Waals surface area contributed by atoms with Crippen LogP contribution in [0.3, 0.4) is 0 Å². The number of hydrogen-bond acceptors (Lipinski definition) is 12. The van der Waals surface area contributed by atoms with E-state index in [0.29, 0.717) is 21.7 Å². The highest BCUT2D eigenvalue weighted by molar-refractivity contribution is 7.13. The summed E-state index contributed by atoms with van der Waals surface area (Å²) in [6.07, 6.45) is 2.89. The second-order valence-electron chi connectivity index (χ2n) is 7.92. The number of aromatic hydroxyl groups is 2. The predicted molar refractivity (Wildman–Crippen MR) is 128 cm³/mol. The summed E-state index contributed by atoms with van der Waals surface area (Å²) in [5.41, 5.74) is 6.86. The molecule has 1 saturated heterocycles. The Morgan fingerprint density at radius 2 is 2.03 bits per heavy atom. The normalized spacial score (nSPS) is 21.9. The quantitative estimate of drug-likeness (QED) is 0.156. The highest BCUT2D eigenvalue weighted by atomic mass is 32.1. The number of aliphatic hydroxyl groups excluding tert-OH is 2. The molecular formula is C22H21N7O6S. The summed E-state index contributed by atoms with van der Waals surface area (Å²) in [5, 5.41) is 46.1. The molecule has 1 amide bonds. The van der Waals surface area contributed by atoms with Crippen LogP contribution in [0.15, 0.2) is 48.5 Å². The number of phenols is 2. The number of imidazole rings is 1. The van der Waals surface area contributed by atoms with Gasteiger partial charge in [0.25, 0.3) is 5.91 Å². The molecule has 0 radical (unpaired) electrons. The molecule has 0 aliphatic carbocycles. The Balaban J connectivity index is 1.25. The minimum Gasteiger partial charge on any atom is -0.504 e. The molecule has 14 heteroatoms. The zero-order valence-electron chi connectivity index (χ0n) is 18.5. The van der Waals surface area contributed by atoms with Crippen molar-refractivity contribution in [2.75, 3.05) is 12.3 Å². The van der Waals surface area contributed by atoms with Gasteiger partial charge in [-0.25, -0.2) is 19.9 Å². The van der Waals surface area contributed by atoms with Crippen molar-refractivity contribution >= 4 is 34.2 Å². The molecule has 1 fully saturated rings. The van der Waals surface area contributed by atoms with E-state index in [9.17, 15) is 25.2 Å². The fraction of sp³-hybridized carbons (Fsp3) is 0.227. The molecule has 13 nitrogen and oxygen atoms in total. The lowest BCUT2D eigenvalue weighted by Crippen LogP contribution is -2.31. The number of aromatic nitrogens is 5. The van der Waals surface area contributed by atoms with Crippen molar-refractivity contribution in [1.82, 2.24) is 29.8 Å². The molecule has 36 heavy (non-hydrogen) atoms. The first-order valence-electron chi connectivity index (χ1n) is 10.7. The van der Waals surface area contributed by atoms with Crippen molar-refractivity contribution in [3.05, 3.63) is 54.1 Å². The van der Waals surface area contributed by atoms with Gasteiger partial charge in [-0.05, 0) is 12.1 Å². The highest BCUT2D eigenvalue weighted by Crippen LogP contribution is 2.35. The SMILES string of the molecule is Nc1ncnc2c1ncn2[C@@H]1O[C@H](C=CCNC(=O)c2cc(-c3nccs3)cc(O)c2O)[C@H](O)C1O. The van der Waals surface area contributed by atoms with Crippen LogP contribution >= 0.6 is 11.3 Å². The fourth-order valence-electron chi connectivity index (χ4n) is 3.86. The summed E-state index contributed by atoms with van der Waals surface area (Å²) < 4.78 is 7.27. The van der Waals surface area contributed by atoms with Crippen molar-refractivity contribution < 1.29 is 30.0 Å². The van der Waals surface area contributed by atoms with Gasteiger partial charge in [-0.1, -0.05) is 12.2 Å². The third-order valence-corrected chi connectivity index (χ3v) is 6.48. The lowest BCUT2D eigenvalue weighted by atomic mass is 10.1. The number of rotatable bonds is 6. The van der Waals surface area contributed by atoms with Crippen LogP contribution in [0.2, 0.25) is 0 Å². The summed E-state index contributed by atoms with van der Waals surface area (Å²) in [7, 11) is 0. The number of anilines is 1. The number of nitrogen functional groups attached to an aromatic ring is 1. The molecule has 0 saturated carbocycles. The fourth-order valence-corrected chi connectivity index (χ4v) is 4.49. The van der Waals surface area contributed by atoms with Gasteiger partial charge in [0.1, 0.15) is 35.2 Å². The number of hydrogen-bond donors (Lipinski definition) is 6. The van der Waals surface area contributed by atoms with Crippen molar-refractivity contribution in [3.8, 4) is 22.1 Å². The summed E-state index contributed by atoms with van der Waals surface area (Å²) in [5.74, 6) is -1.44. The Hall–Kier alpha value is -4.11. The first kappa shape index (κ1) is 23.6. The maximum Gasteiger partial charge on any atom is 0.255 e. The molecule has 1 unspecified atom stereocenters. The van der Waals surface area contributed by atoms with Crippen LogP contribution in [0.25, 0.3) is 21.7 Å². The van der Waals surface area contributed by atoms with E-state index in [4.69, 9.17) is 10.5 Å². The lowest BCUT2D eigenvalue weighted by Gasteiger charge is -2.16. The number of fused-ring (bicyclic) bond motifs is 1. The molecule has 4 heterocycles. The van der Waals surface area contributed by atoms with Crippen LogP contribution in [-0.2, 0) is 4.74 Å². The molecule has 1 aromatic carbocycles. The van der Waals surface area contributed by atoms with Gasteiger partial charge in [-0.15, -0.1) is 11.3 Å². The maximum atomic E-state index is 12.6. The van der Waals surface area contributed by atoms with Crippen molar-refractivity contribution in [2.24, 2.45) is 0 Å². The van der Waals surface area contributed by atoms with Crippen LogP contribution in [0, 0.1) is 0 Å². The largest absolute Gasteiger partial charge is 0.504 e. The van der Waals surface area contributed by atoms with E-state index >= 15 is 0 Å². The Kier molecular flexibility index (Phi) is 6.24. The molecule has 5 rings (SSSR count). The number of carbonyl (C=O) groups is 1. The van der Waals surface area contributed by atoms with E-state index in [0.717, 1.165) is 0 Å². The summed E-state index contributed by atoms with van der Waals surface area (Å²) in [6, 6.07) is 2.76. The summed E-state index contributed by atoms with van der Waals surface area (Å²) in [6.45, 7) is 0.0195. The number of nitrogens with one attached hydrogen (secondary N) is 1. The summed E-state index contributed by atoms with van der Waals surface area (Å²) in [4.78, 5) is 28.9. The molecule has 0 bridgehead atoms. The van der Waals surface area contributed by atoms with E-state index in [2.05, 4.69) is 25.3 Å². The van der Waals surface area contributed by atoms with E-state index in [1.165, 1.54) is 52.8 Å². The molecule has 1 aliphatic rings. The number of nitrogens with two attached hydrogens (primary N) is 1. The van der Waals surface area contributed by atoms with E-state index in [-0.39, 0.29) is 17.9 Å². The van der Waals surface area contributed by atoms with E-state index in [1.807, 2.05) is 0 Å². The monoisotopic (exact) mass is 511 g/mol. The van der Waals surface area contributed by atoms with Crippen LogP contribution in [-0.4, -0.2) is 75.7 Å².